The summed E-state index contributed by atoms with van der Waals surface area (Å²) in [7, 11) is 0. The number of carbonyl (C=O) groups excluding carboxylic acids is 1. The summed E-state index contributed by atoms with van der Waals surface area (Å²) < 4.78 is 0. The second-order valence-electron chi connectivity index (χ2n) is 7.84. The molecule has 1 fully saturated rings. The van der Waals surface area contributed by atoms with Crippen molar-refractivity contribution in [2.75, 3.05) is 44.6 Å². The van der Waals surface area contributed by atoms with Gasteiger partial charge in [-0.1, -0.05) is 72.3 Å². The smallest absolute Gasteiger partial charge is 0.240 e. The van der Waals surface area contributed by atoms with E-state index in [9.17, 15) is 4.79 Å². The average molecular weight is 467 g/mol. The molecule has 2 heterocycles. The fourth-order valence-corrected chi connectivity index (χ4v) is 4.72. The molecular weight excluding hydrogens is 440 g/mol. The third kappa shape index (κ3) is 6.74. The van der Waals surface area contributed by atoms with E-state index >= 15 is 0 Å². The number of nitrogens with zero attached hydrogens (tertiary/aromatic N) is 3. The van der Waals surface area contributed by atoms with Crippen molar-refractivity contribution >= 4 is 40.1 Å². The largest absolute Gasteiger partial charge is 0.301 e. The Morgan fingerprint density at radius 1 is 1.03 bits per heavy atom. The Morgan fingerprint density at radius 2 is 1.75 bits per heavy atom. The Balaban J connectivity index is 1.18. The molecular formula is C25H27ClN4OS. The van der Waals surface area contributed by atoms with Crippen LogP contribution in [0.3, 0.4) is 0 Å². The minimum absolute atomic E-state index is 0.0129. The Labute approximate surface area is 198 Å². The van der Waals surface area contributed by atoms with Crippen LogP contribution < -0.4 is 5.32 Å². The van der Waals surface area contributed by atoms with E-state index in [0.717, 1.165) is 48.2 Å². The standard InChI is InChI=1S/C25H27ClN4OS/c26-23-11-5-4-10-21(23)17-22-18-27-25(32-22)28-24(31)19-30-15-13-29(14-16-30)12-6-9-20-7-2-1-3-8-20/h1-11,18H,12-17,19H2,(H,27,28,31)/b9-6+. The minimum Gasteiger partial charge on any atom is -0.301 e. The van der Waals surface area contributed by atoms with Gasteiger partial charge in [-0.15, -0.1) is 11.3 Å². The molecule has 1 amide bonds. The van der Waals surface area contributed by atoms with Gasteiger partial charge in [-0.25, -0.2) is 4.98 Å². The number of nitrogens with one attached hydrogen (secondary N) is 1. The van der Waals surface area contributed by atoms with Gasteiger partial charge in [0.2, 0.25) is 5.91 Å². The highest BCUT2D eigenvalue weighted by molar-refractivity contribution is 7.15. The number of halogens is 1. The van der Waals surface area contributed by atoms with Crippen molar-refractivity contribution in [3.63, 3.8) is 0 Å². The zero-order valence-electron chi connectivity index (χ0n) is 17.9. The topological polar surface area (TPSA) is 48.5 Å². The number of benzene rings is 2. The number of aromatic nitrogens is 1. The third-order valence-corrected chi connectivity index (χ3v) is 6.71. The highest BCUT2D eigenvalue weighted by Crippen LogP contribution is 2.24. The summed E-state index contributed by atoms with van der Waals surface area (Å²) in [5.74, 6) is -0.0129. The Morgan fingerprint density at radius 3 is 2.53 bits per heavy atom. The van der Waals surface area contributed by atoms with Gasteiger partial charge in [-0.2, -0.15) is 0 Å². The van der Waals surface area contributed by atoms with Crippen molar-refractivity contribution in [1.29, 1.82) is 0 Å². The molecule has 32 heavy (non-hydrogen) atoms. The van der Waals surface area contributed by atoms with Crippen molar-refractivity contribution in [1.82, 2.24) is 14.8 Å². The molecule has 0 spiro atoms. The molecule has 2 aromatic carbocycles. The predicted molar refractivity (Wildman–Crippen MR) is 133 cm³/mol. The lowest BCUT2D eigenvalue weighted by Gasteiger charge is -2.33. The fourth-order valence-electron chi connectivity index (χ4n) is 3.67. The van der Waals surface area contributed by atoms with E-state index in [1.54, 1.807) is 0 Å². The Bertz CT molecular complexity index is 1040. The monoisotopic (exact) mass is 466 g/mol. The maximum Gasteiger partial charge on any atom is 0.240 e. The number of rotatable bonds is 8. The fraction of sp³-hybridized carbons (Fsp3) is 0.280. The predicted octanol–water partition coefficient (Wildman–Crippen LogP) is 4.66. The molecule has 0 radical (unpaired) electrons. The molecule has 5 nitrogen and oxygen atoms in total. The first-order valence-corrected chi connectivity index (χ1v) is 12.0. The normalized spacial score (nSPS) is 15.3. The molecule has 0 bridgehead atoms. The van der Waals surface area contributed by atoms with Crippen LogP contribution in [0, 0.1) is 0 Å². The van der Waals surface area contributed by atoms with Crippen molar-refractivity contribution in [2.24, 2.45) is 0 Å². The number of piperazine rings is 1. The van der Waals surface area contributed by atoms with Crippen molar-refractivity contribution in [3.8, 4) is 0 Å². The summed E-state index contributed by atoms with van der Waals surface area (Å²) in [6.07, 6.45) is 6.90. The van der Waals surface area contributed by atoms with Crippen molar-refractivity contribution < 1.29 is 4.79 Å². The van der Waals surface area contributed by atoms with Crippen LogP contribution in [0.1, 0.15) is 16.0 Å². The first-order valence-electron chi connectivity index (χ1n) is 10.8. The molecule has 7 heteroatoms. The van der Waals surface area contributed by atoms with E-state index in [-0.39, 0.29) is 5.91 Å². The molecule has 3 aromatic rings. The number of hydrogen-bond donors (Lipinski definition) is 1. The first-order chi connectivity index (χ1) is 15.7. The summed E-state index contributed by atoms with van der Waals surface area (Å²) in [6.45, 7) is 5.04. The van der Waals surface area contributed by atoms with Crippen LogP contribution in [-0.2, 0) is 11.2 Å². The van der Waals surface area contributed by atoms with Crippen molar-refractivity contribution in [2.45, 2.75) is 6.42 Å². The van der Waals surface area contributed by atoms with Gasteiger partial charge in [-0.3, -0.25) is 14.6 Å². The molecule has 1 aliphatic heterocycles. The molecule has 1 N–H and O–H groups in total. The van der Waals surface area contributed by atoms with E-state index in [1.807, 2.05) is 36.5 Å². The molecule has 0 unspecified atom stereocenters. The molecule has 1 aromatic heterocycles. The van der Waals surface area contributed by atoms with Crippen LogP contribution in [-0.4, -0.2) is 60.0 Å². The SMILES string of the molecule is O=C(CN1CCN(C/C=C/c2ccccc2)CC1)Nc1ncc(Cc2ccccc2Cl)s1. The van der Waals surface area contributed by atoms with Gasteiger partial charge < -0.3 is 5.32 Å². The Hall–Kier alpha value is -2.51. The highest BCUT2D eigenvalue weighted by Gasteiger charge is 2.18. The lowest BCUT2D eigenvalue weighted by Crippen LogP contribution is -2.48. The number of thiazole rings is 1. The number of hydrogen-bond acceptors (Lipinski definition) is 5. The average Bonchev–Trinajstić information content (AvgIpc) is 3.24. The van der Waals surface area contributed by atoms with Gasteiger partial charge in [-0.05, 0) is 17.2 Å². The zero-order valence-corrected chi connectivity index (χ0v) is 19.5. The quantitative estimate of drug-likeness (QED) is 0.524. The van der Waals surface area contributed by atoms with E-state index in [0.29, 0.717) is 18.1 Å². The number of amides is 1. The van der Waals surface area contributed by atoms with E-state index in [1.165, 1.54) is 16.9 Å². The van der Waals surface area contributed by atoms with Gasteiger partial charge in [0, 0.05) is 55.2 Å². The van der Waals surface area contributed by atoms with Gasteiger partial charge in [0.15, 0.2) is 5.13 Å². The van der Waals surface area contributed by atoms with Crippen LogP contribution >= 0.6 is 22.9 Å². The molecule has 0 atom stereocenters. The Kier molecular flexibility index (Phi) is 8.07. The second kappa shape index (κ2) is 11.4. The maximum atomic E-state index is 12.5. The minimum atomic E-state index is -0.0129. The highest BCUT2D eigenvalue weighted by atomic mass is 35.5. The first kappa shape index (κ1) is 22.7. The summed E-state index contributed by atoms with van der Waals surface area (Å²) in [4.78, 5) is 22.5. The molecule has 1 aliphatic rings. The van der Waals surface area contributed by atoms with E-state index < -0.39 is 0 Å². The van der Waals surface area contributed by atoms with Crippen LogP contribution in [0.4, 0.5) is 5.13 Å². The molecule has 0 saturated carbocycles. The summed E-state index contributed by atoms with van der Waals surface area (Å²) in [5.41, 5.74) is 2.28. The van der Waals surface area contributed by atoms with Crippen LogP contribution in [0.5, 0.6) is 0 Å². The molecule has 166 valence electrons. The summed E-state index contributed by atoms with van der Waals surface area (Å²) in [5, 5.41) is 4.33. The molecule has 1 saturated heterocycles. The van der Waals surface area contributed by atoms with Crippen LogP contribution in [0.25, 0.3) is 6.08 Å². The van der Waals surface area contributed by atoms with Gasteiger partial charge in [0.05, 0.1) is 6.54 Å². The lowest BCUT2D eigenvalue weighted by molar-refractivity contribution is -0.117. The van der Waals surface area contributed by atoms with Gasteiger partial charge in [0.1, 0.15) is 0 Å². The lowest BCUT2D eigenvalue weighted by atomic mass is 10.1. The van der Waals surface area contributed by atoms with E-state index in [4.69, 9.17) is 11.6 Å². The van der Waals surface area contributed by atoms with Crippen LogP contribution in [0.2, 0.25) is 5.02 Å². The number of anilines is 1. The molecule has 0 aliphatic carbocycles. The van der Waals surface area contributed by atoms with Crippen LogP contribution in [0.15, 0.2) is 66.9 Å². The second-order valence-corrected chi connectivity index (χ2v) is 9.36. The maximum absolute atomic E-state index is 12.5. The van der Waals surface area contributed by atoms with E-state index in [2.05, 4.69) is 56.5 Å². The van der Waals surface area contributed by atoms with Crippen molar-refractivity contribution in [3.05, 3.63) is 87.9 Å². The molecule has 4 rings (SSSR count). The van der Waals surface area contributed by atoms with Gasteiger partial charge in [0.25, 0.3) is 0 Å². The summed E-state index contributed by atoms with van der Waals surface area (Å²) in [6, 6.07) is 18.1. The van der Waals surface area contributed by atoms with Gasteiger partial charge >= 0.3 is 0 Å². The third-order valence-electron chi connectivity index (χ3n) is 5.43. The zero-order chi connectivity index (χ0) is 22.2. The number of carbonyl (C=O) groups is 1. The summed E-state index contributed by atoms with van der Waals surface area (Å²) >= 11 is 7.74.